The smallest absolute Gasteiger partial charge is 0.416 e. The van der Waals surface area contributed by atoms with Crippen molar-refractivity contribution in [3.63, 3.8) is 0 Å². The Bertz CT molecular complexity index is 1080. The quantitative estimate of drug-likeness (QED) is 0.304. The molecule has 0 atom stereocenters. The fourth-order valence-corrected chi connectivity index (χ4v) is 3.28. The molecule has 0 fully saturated rings. The number of hydrogen-bond acceptors (Lipinski definition) is 4. The van der Waals surface area contributed by atoms with E-state index < -0.39 is 11.7 Å². The van der Waals surface area contributed by atoms with Gasteiger partial charge in [0.15, 0.2) is 0 Å². The van der Waals surface area contributed by atoms with Gasteiger partial charge in [-0.1, -0.05) is 48.0 Å². The van der Waals surface area contributed by atoms with Gasteiger partial charge in [-0.3, -0.25) is 4.79 Å². The number of rotatable bonds is 9. The van der Waals surface area contributed by atoms with Crippen LogP contribution < -0.4 is 9.47 Å². The molecule has 0 aliphatic carbocycles. The van der Waals surface area contributed by atoms with Crippen LogP contribution in [0.5, 0.6) is 17.2 Å². The largest absolute Gasteiger partial charge is 0.489 e. The van der Waals surface area contributed by atoms with Gasteiger partial charge in [0.05, 0.1) is 12.2 Å². The minimum absolute atomic E-state index is 0.0285. The van der Waals surface area contributed by atoms with Crippen LogP contribution >= 0.6 is 11.6 Å². The van der Waals surface area contributed by atoms with E-state index in [0.717, 1.165) is 17.7 Å². The summed E-state index contributed by atoms with van der Waals surface area (Å²) in [5.41, 5.74) is 0.635. The zero-order valence-corrected chi connectivity index (χ0v) is 18.6. The van der Waals surface area contributed by atoms with E-state index in [1.54, 1.807) is 19.1 Å². The van der Waals surface area contributed by atoms with E-state index in [2.05, 4.69) is 0 Å². The average molecular weight is 479 g/mol. The van der Waals surface area contributed by atoms with Gasteiger partial charge in [0.25, 0.3) is 0 Å². The summed E-state index contributed by atoms with van der Waals surface area (Å²) in [5.74, 6) is -0.0850. The highest BCUT2D eigenvalue weighted by Crippen LogP contribution is 2.37. The van der Waals surface area contributed by atoms with Crippen molar-refractivity contribution in [2.24, 2.45) is 0 Å². The van der Waals surface area contributed by atoms with Crippen LogP contribution in [0.1, 0.15) is 30.0 Å². The van der Waals surface area contributed by atoms with Crippen molar-refractivity contribution in [3.8, 4) is 17.2 Å². The van der Waals surface area contributed by atoms with E-state index >= 15 is 0 Å². The highest BCUT2D eigenvalue weighted by atomic mass is 35.5. The van der Waals surface area contributed by atoms with E-state index in [1.807, 2.05) is 30.3 Å². The predicted molar refractivity (Wildman–Crippen MR) is 119 cm³/mol. The lowest BCUT2D eigenvalue weighted by molar-refractivity contribution is -0.143. The Balaban J connectivity index is 1.76. The SMILES string of the molecule is CCOC(=O)CCc1ccc(Oc2cc(OCc3ccccc3)cc(C(F)(F)F)c2)cc1Cl. The minimum Gasteiger partial charge on any atom is -0.489 e. The molecule has 4 nitrogen and oxygen atoms in total. The van der Waals surface area contributed by atoms with Crippen LogP contribution in [0, 0.1) is 0 Å². The molecule has 0 aliphatic heterocycles. The summed E-state index contributed by atoms with van der Waals surface area (Å²) < 4.78 is 56.3. The molecule has 3 rings (SSSR count). The number of carbonyl (C=O) groups is 1. The van der Waals surface area contributed by atoms with Gasteiger partial charge in [-0.25, -0.2) is 0 Å². The second-order valence-electron chi connectivity index (χ2n) is 7.13. The summed E-state index contributed by atoms with van der Waals surface area (Å²) in [6, 6.07) is 17.1. The number of esters is 1. The summed E-state index contributed by atoms with van der Waals surface area (Å²) in [6.45, 7) is 2.14. The molecular weight excluding hydrogens is 457 g/mol. The predicted octanol–water partition coefficient (Wildman–Crippen LogP) is 7.23. The molecule has 0 aromatic heterocycles. The minimum atomic E-state index is -4.57. The van der Waals surface area contributed by atoms with Crippen LogP contribution in [0.4, 0.5) is 13.2 Å². The molecule has 0 saturated heterocycles. The molecule has 174 valence electrons. The number of ether oxygens (including phenoxy) is 3. The van der Waals surface area contributed by atoms with Gasteiger partial charge in [-0.15, -0.1) is 0 Å². The first-order chi connectivity index (χ1) is 15.7. The molecule has 3 aromatic rings. The topological polar surface area (TPSA) is 44.8 Å². The number of aryl methyl sites for hydroxylation is 1. The van der Waals surface area contributed by atoms with Gasteiger partial charge in [0.2, 0.25) is 0 Å². The molecule has 33 heavy (non-hydrogen) atoms. The first kappa shape index (κ1) is 24.5. The second kappa shape index (κ2) is 11.1. The van der Waals surface area contributed by atoms with E-state index in [-0.39, 0.29) is 36.2 Å². The Morgan fingerprint density at radius 3 is 2.33 bits per heavy atom. The Hall–Kier alpha value is -3.19. The summed E-state index contributed by atoms with van der Waals surface area (Å²) >= 11 is 6.27. The third kappa shape index (κ3) is 7.43. The maximum Gasteiger partial charge on any atom is 0.416 e. The van der Waals surface area contributed by atoms with Crippen LogP contribution in [0.2, 0.25) is 5.02 Å². The normalized spacial score (nSPS) is 11.2. The number of carbonyl (C=O) groups excluding carboxylic acids is 1. The molecule has 0 N–H and O–H groups in total. The molecule has 0 amide bonds. The summed E-state index contributed by atoms with van der Waals surface area (Å²) in [6.07, 6.45) is -4.03. The lowest BCUT2D eigenvalue weighted by atomic mass is 10.1. The van der Waals surface area contributed by atoms with Gasteiger partial charge >= 0.3 is 12.1 Å². The van der Waals surface area contributed by atoms with E-state index in [0.29, 0.717) is 23.6 Å². The van der Waals surface area contributed by atoms with Gasteiger partial charge < -0.3 is 14.2 Å². The molecule has 0 heterocycles. The third-order valence-corrected chi connectivity index (χ3v) is 4.97. The average Bonchev–Trinajstić information content (AvgIpc) is 2.77. The van der Waals surface area contributed by atoms with E-state index in [9.17, 15) is 18.0 Å². The molecule has 0 aliphatic rings. The first-order valence-electron chi connectivity index (χ1n) is 10.3. The fraction of sp³-hybridized carbons (Fsp3) is 0.240. The first-order valence-corrected chi connectivity index (χ1v) is 10.6. The number of halogens is 4. The Labute approximate surface area is 194 Å². The Kier molecular flexibility index (Phi) is 8.22. The molecule has 0 saturated carbocycles. The van der Waals surface area contributed by atoms with E-state index in [1.165, 1.54) is 12.1 Å². The van der Waals surface area contributed by atoms with E-state index in [4.69, 9.17) is 25.8 Å². The monoisotopic (exact) mass is 478 g/mol. The highest BCUT2D eigenvalue weighted by Gasteiger charge is 2.32. The van der Waals surface area contributed by atoms with Crippen LogP contribution in [0.15, 0.2) is 66.7 Å². The molecule has 3 aromatic carbocycles. The molecular formula is C25H22ClF3O4. The molecule has 0 spiro atoms. The standard InChI is InChI=1S/C25H22ClF3O4/c1-2-31-24(30)11-9-18-8-10-20(15-23(18)26)33-22-13-19(25(27,28)29)12-21(14-22)32-16-17-6-4-3-5-7-17/h3-8,10,12-15H,2,9,11,16H2,1H3. The van der Waals surface area contributed by atoms with Crippen LogP contribution in [0.3, 0.4) is 0 Å². The lowest BCUT2D eigenvalue weighted by Gasteiger charge is -2.14. The fourth-order valence-electron chi connectivity index (χ4n) is 3.02. The lowest BCUT2D eigenvalue weighted by Crippen LogP contribution is -2.06. The van der Waals surface area contributed by atoms with Gasteiger partial charge in [-0.2, -0.15) is 13.2 Å². The van der Waals surface area contributed by atoms with Gasteiger partial charge in [0, 0.05) is 17.5 Å². The maximum atomic E-state index is 13.4. The maximum absolute atomic E-state index is 13.4. The van der Waals surface area contributed by atoms with Crippen LogP contribution in [-0.2, 0) is 28.7 Å². The van der Waals surface area contributed by atoms with Crippen molar-refractivity contribution < 1.29 is 32.2 Å². The zero-order valence-electron chi connectivity index (χ0n) is 17.8. The van der Waals surface area contributed by atoms with Crippen molar-refractivity contribution in [3.05, 3.63) is 88.4 Å². The van der Waals surface area contributed by atoms with Gasteiger partial charge in [-0.05, 0) is 48.7 Å². The van der Waals surface area contributed by atoms with Crippen molar-refractivity contribution >= 4 is 17.6 Å². The third-order valence-electron chi connectivity index (χ3n) is 4.62. The highest BCUT2D eigenvalue weighted by molar-refractivity contribution is 6.31. The van der Waals surface area contributed by atoms with Crippen molar-refractivity contribution in [2.45, 2.75) is 32.5 Å². The molecule has 0 bridgehead atoms. The van der Waals surface area contributed by atoms with Crippen LogP contribution in [0.25, 0.3) is 0 Å². The Morgan fingerprint density at radius 1 is 0.939 bits per heavy atom. The number of hydrogen-bond donors (Lipinski definition) is 0. The van der Waals surface area contributed by atoms with Crippen molar-refractivity contribution in [1.82, 2.24) is 0 Å². The summed E-state index contributed by atoms with van der Waals surface area (Å²) in [4.78, 5) is 11.5. The van der Waals surface area contributed by atoms with Crippen molar-refractivity contribution in [2.75, 3.05) is 6.61 Å². The molecule has 8 heteroatoms. The van der Waals surface area contributed by atoms with Crippen molar-refractivity contribution in [1.29, 1.82) is 0 Å². The molecule has 0 radical (unpaired) electrons. The summed E-state index contributed by atoms with van der Waals surface area (Å²) in [5, 5.41) is 0.337. The summed E-state index contributed by atoms with van der Waals surface area (Å²) in [7, 11) is 0. The Morgan fingerprint density at radius 2 is 1.67 bits per heavy atom. The number of alkyl halides is 3. The zero-order chi connectivity index (χ0) is 23.8. The number of benzene rings is 3. The van der Waals surface area contributed by atoms with Gasteiger partial charge in [0.1, 0.15) is 23.9 Å². The van der Waals surface area contributed by atoms with Crippen LogP contribution in [-0.4, -0.2) is 12.6 Å². The molecule has 0 unspecified atom stereocenters. The second-order valence-corrected chi connectivity index (χ2v) is 7.53.